The van der Waals surface area contributed by atoms with Crippen LogP contribution in [0.25, 0.3) is 0 Å². The molecule has 0 unspecified atom stereocenters. The molecule has 58 heavy (non-hydrogen) atoms. The Balaban J connectivity index is -0.000000341. The fraction of sp³-hybridized carbons (Fsp3) is 0.655. The van der Waals surface area contributed by atoms with Crippen molar-refractivity contribution in [3.63, 3.8) is 0 Å². The molecule has 0 amide bonds. The van der Waals surface area contributed by atoms with Crippen LogP contribution in [0.4, 0.5) is 26.3 Å². The van der Waals surface area contributed by atoms with Crippen molar-refractivity contribution in [3.05, 3.63) is 54.8 Å². The van der Waals surface area contributed by atoms with Crippen LogP contribution in [-0.4, -0.2) is 127 Å². The average molecular weight is 980 g/mol. The molecule has 29 heteroatoms. The summed E-state index contributed by atoms with van der Waals surface area (Å²) >= 11 is 0. The van der Waals surface area contributed by atoms with E-state index in [0.29, 0.717) is 0 Å². The molecular weight excluding hydrogens is 931 g/mol. The van der Waals surface area contributed by atoms with Crippen molar-refractivity contribution >= 4 is 83.7 Å². The van der Waals surface area contributed by atoms with Crippen LogP contribution in [0.2, 0.25) is 0 Å². The van der Waals surface area contributed by atoms with E-state index in [2.05, 4.69) is 47.5 Å². The van der Waals surface area contributed by atoms with E-state index in [1.165, 1.54) is 70.8 Å². The summed E-state index contributed by atoms with van der Waals surface area (Å²) in [6.45, 7) is 7.05. The molecule has 0 saturated carbocycles. The number of allylic oxidation sites excluding steroid dienone is 2. The number of rotatable bonds is 18. The van der Waals surface area contributed by atoms with Crippen molar-refractivity contribution in [2.24, 2.45) is 0 Å². The molecule has 338 valence electrons. The molecule has 0 radical (unpaired) electrons. The number of alkyl halides is 6. The largest absolute Gasteiger partial charge is 2.00 e. The molecule has 1 aromatic rings. The minimum atomic E-state index is -6.09. The molecule has 4 N–H and O–H groups in total. The van der Waals surface area contributed by atoms with E-state index in [-0.39, 0.29) is 49.2 Å². The zero-order valence-corrected chi connectivity index (χ0v) is 38.0. The molecule has 0 saturated heterocycles. The second kappa shape index (κ2) is 32.1. The maximum atomic E-state index is 11.9. The summed E-state index contributed by atoms with van der Waals surface area (Å²) in [5, 5.41) is 0. The molecule has 1 aliphatic heterocycles. The third-order valence-corrected chi connectivity index (χ3v) is 10.4. The van der Waals surface area contributed by atoms with Crippen LogP contribution in [0, 0.1) is 0 Å². The maximum absolute atomic E-state index is 11.9. The Hall–Kier alpha value is -0.670. The monoisotopic (exact) mass is 979 g/mol. The van der Waals surface area contributed by atoms with Crippen molar-refractivity contribution < 1.29 is 97.9 Å². The third kappa shape index (κ3) is 40.7. The predicted molar refractivity (Wildman–Crippen MR) is 199 cm³/mol. The van der Waals surface area contributed by atoms with Gasteiger partial charge >= 0.3 is 64.4 Å². The standard InChI is InChI=1S/C18H30O3S.C9H15N.2CHF3O3S.Ca.H4O7P2/c1-2-3-4-5-6-7-8-9-10-14-17-21-22(19,20)18-15-12-11-13-16-18;1-2-3-7-10-8-5-4-6-9-10;2*2-1(3,4)8(5,6)7;;1-8(2,3)7-9(4,5)6/h11-13,15-16H,2-10,14,17H2,1H3;4-6,8H,2-3,7,9H2,1H3;2*(H,5,6,7);;(H2,1,2,3)(H2,4,5,6)/q;;;;+2;/p-2. The molecule has 0 spiro atoms. The van der Waals surface area contributed by atoms with Crippen molar-refractivity contribution in [2.75, 3.05) is 19.7 Å². The fourth-order valence-corrected chi connectivity index (χ4v) is 5.66. The smallest absolute Gasteiger partial charge is 0.741 e. The topological polar surface area (TPSA) is 285 Å². The first-order valence-corrected chi connectivity index (χ1v) is 24.0. The molecule has 17 nitrogen and oxygen atoms in total. The molecule has 0 atom stereocenters. The Morgan fingerprint density at radius 3 is 1.36 bits per heavy atom. The SMILES string of the molecule is CCCCCCCCCCCCOS(=O)(=O)c1ccccc1.CCCCN1C=CC=CC1.O=P(O)(O)OP(=O)(O)O.O=S(=O)([O-])C(F)(F)F.O=S(=O)([O-])C(F)(F)F.[Ca+2]. The van der Waals surface area contributed by atoms with Gasteiger partial charge in [-0.1, -0.05) is 108 Å². The number of unbranched alkanes of at least 4 members (excludes halogenated alkanes) is 10. The van der Waals surface area contributed by atoms with Crippen LogP contribution in [0.1, 0.15) is 90.9 Å². The first-order valence-electron chi connectivity index (χ1n) is 16.7. The van der Waals surface area contributed by atoms with Crippen molar-refractivity contribution in [2.45, 2.75) is 107 Å². The number of nitrogens with zero attached hydrogens (tertiary/aromatic N) is 1. The van der Waals surface area contributed by atoms with Gasteiger partial charge in [0.05, 0.1) is 11.5 Å². The summed E-state index contributed by atoms with van der Waals surface area (Å²) < 4.78 is 169. The van der Waals surface area contributed by atoms with E-state index < -0.39 is 57.0 Å². The molecule has 1 heterocycles. The van der Waals surface area contributed by atoms with Gasteiger partial charge in [0.2, 0.25) is 0 Å². The van der Waals surface area contributed by atoms with Gasteiger partial charge in [0.1, 0.15) is 0 Å². The number of phosphoric acid groups is 2. The summed E-state index contributed by atoms with van der Waals surface area (Å²) in [5.74, 6) is 0. The first-order chi connectivity index (χ1) is 25.8. The van der Waals surface area contributed by atoms with Gasteiger partial charge in [0.25, 0.3) is 10.1 Å². The Morgan fingerprint density at radius 2 is 1.05 bits per heavy atom. The van der Waals surface area contributed by atoms with Crippen LogP contribution < -0.4 is 0 Å². The van der Waals surface area contributed by atoms with Crippen molar-refractivity contribution in [1.29, 1.82) is 0 Å². The van der Waals surface area contributed by atoms with E-state index >= 15 is 0 Å². The number of hydrogen-bond donors (Lipinski definition) is 4. The molecule has 0 aromatic heterocycles. The van der Waals surface area contributed by atoms with Gasteiger partial charge in [-0.25, -0.2) is 26.0 Å². The molecular formula is C29H49CaF6NO16P2S3. The zero-order chi connectivity index (χ0) is 45.0. The van der Waals surface area contributed by atoms with E-state index in [1.807, 2.05) is 0 Å². The summed E-state index contributed by atoms with van der Waals surface area (Å²) in [5.41, 5.74) is -11.3. The molecule has 0 aliphatic carbocycles. The summed E-state index contributed by atoms with van der Waals surface area (Å²) in [7, 11) is -25.9. The van der Waals surface area contributed by atoms with Crippen LogP contribution in [0.15, 0.2) is 59.7 Å². The first kappa shape index (κ1) is 64.0. The molecule has 0 fully saturated rings. The summed E-state index contributed by atoms with van der Waals surface area (Å²) in [6.07, 6.45) is 23.4. The Bertz CT molecular complexity index is 1650. The van der Waals surface area contributed by atoms with Gasteiger partial charge in [-0.15, -0.1) is 0 Å². The number of hydrogen-bond acceptors (Lipinski definition) is 13. The summed E-state index contributed by atoms with van der Waals surface area (Å²) in [6, 6.07) is 8.33. The minimum Gasteiger partial charge on any atom is -0.741 e. The number of benzene rings is 1. The van der Waals surface area contributed by atoms with Gasteiger partial charge in [0.15, 0.2) is 20.2 Å². The molecule has 1 aliphatic rings. The predicted octanol–water partition coefficient (Wildman–Crippen LogP) is 6.40. The molecule has 1 aromatic carbocycles. The minimum absolute atomic E-state index is 0. The van der Waals surface area contributed by atoms with Crippen LogP contribution >= 0.6 is 15.6 Å². The van der Waals surface area contributed by atoms with Crippen LogP contribution in [-0.2, 0) is 48.0 Å². The molecule has 2 rings (SSSR count). The second-order valence-corrected chi connectivity index (χ2v) is 18.2. The second-order valence-electron chi connectivity index (χ2n) is 11.3. The third-order valence-electron chi connectivity index (χ3n) is 6.23. The van der Waals surface area contributed by atoms with Crippen LogP contribution in [0.3, 0.4) is 0 Å². The van der Waals surface area contributed by atoms with E-state index in [0.717, 1.165) is 19.4 Å². The van der Waals surface area contributed by atoms with E-state index in [4.69, 9.17) is 49.7 Å². The maximum Gasteiger partial charge on any atom is 2.00 e. The van der Waals surface area contributed by atoms with Crippen molar-refractivity contribution in [1.82, 2.24) is 4.90 Å². The normalized spacial score (nSPS) is 13.2. The quantitative estimate of drug-likeness (QED) is 0.0236. The van der Waals surface area contributed by atoms with Gasteiger partial charge < -0.3 is 33.6 Å². The zero-order valence-electron chi connectivity index (χ0n) is 31.5. The Morgan fingerprint density at radius 1 is 0.672 bits per heavy atom. The Kier molecular flexibility index (Phi) is 35.4. The average Bonchev–Trinajstić information content (AvgIpc) is 3.05. The van der Waals surface area contributed by atoms with Crippen LogP contribution in [0.5, 0.6) is 0 Å². The Labute approximate surface area is 365 Å². The van der Waals surface area contributed by atoms with Gasteiger partial charge in [0, 0.05) is 13.1 Å². The van der Waals surface area contributed by atoms with Gasteiger partial charge in [-0.05, 0) is 37.3 Å². The van der Waals surface area contributed by atoms with E-state index in [1.54, 1.807) is 30.3 Å². The fourth-order valence-electron chi connectivity index (χ4n) is 3.59. The molecule has 0 bridgehead atoms. The van der Waals surface area contributed by atoms with E-state index in [9.17, 15) is 43.9 Å². The summed E-state index contributed by atoms with van der Waals surface area (Å²) in [4.78, 5) is 33.6. The van der Waals surface area contributed by atoms with Gasteiger partial charge in [-0.3, -0.25) is 4.18 Å². The van der Waals surface area contributed by atoms with Gasteiger partial charge in [-0.2, -0.15) is 39.1 Å². The van der Waals surface area contributed by atoms with Crippen molar-refractivity contribution in [3.8, 4) is 0 Å². The number of halogens is 6.